The van der Waals surface area contributed by atoms with Gasteiger partial charge < -0.3 is 11.1 Å². The van der Waals surface area contributed by atoms with Crippen molar-refractivity contribution >= 4 is 34.4 Å². The van der Waals surface area contributed by atoms with Gasteiger partial charge >= 0.3 is 0 Å². The van der Waals surface area contributed by atoms with Crippen LogP contribution in [0.2, 0.25) is 4.34 Å². The number of pyridine rings is 1. The number of nitrogens with two attached hydrogens (primary N) is 1. The molecule has 1 saturated heterocycles. The first kappa shape index (κ1) is 20.1. The maximum atomic E-state index is 12.9. The van der Waals surface area contributed by atoms with Gasteiger partial charge in [-0.1, -0.05) is 59.3 Å². The number of benzene rings is 1. The number of hydrogen-bond acceptors (Lipinski definition) is 6. The van der Waals surface area contributed by atoms with Gasteiger partial charge in [0.25, 0.3) is 5.91 Å². The number of rotatable bonds is 5. The Morgan fingerprint density at radius 2 is 2.00 bits per heavy atom. The third-order valence-corrected chi connectivity index (χ3v) is 6.72. The molecule has 0 aliphatic carbocycles. The van der Waals surface area contributed by atoms with Crippen LogP contribution in [0, 0.1) is 0 Å². The molecular formula is C22H21ClN6OS. The Hall–Kier alpha value is -2.78. The summed E-state index contributed by atoms with van der Waals surface area (Å²) in [6, 6.07) is 15.7. The van der Waals surface area contributed by atoms with Crippen LogP contribution in [-0.4, -0.2) is 50.6 Å². The summed E-state index contributed by atoms with van der Waals surface area (Å²) in [5, 5.41) is 7.70. The molecule has 0 saturated carbocycles. The molecule has 31 heavy (non-hydrogen) atoms. The molecule has 0 radical (unpaired) electrons. The van der Waals surface area contributed by atoms with Crippen LogP contribution >= 0.6 is 22.9 Å². The monoisotopic (exact) mass is 452 g/mol. The number of aromatic nitrogens is 3. The molecule has 3 N–H and O–H groups in total. The highest BCUT2D eigenvalue weighted by Crippen LogP contribution is 2.34. The van der Waals surface area contributed by atoms with Crippen LogP contribution in [-0.2, 0) is 6.54 Å². The van der Waals surface area contributed by atoms with Crippen molar-refractivity contribution in [3.05, 3.63) is 75.8 Å². The topological polar surface area (TPSA) is 88.5 Å². The number of carbonyl (C=O) groups excluding carboxylic acids is 1. The molecule has 1 aromatic carbocycles. The van der Waals surface area contributed by atoms with E-state index in [0.717, 1.165) is 24.2 Å². The van der Waals surface area contributed by atoms with E-state index in [-0.39, 0.29) is 18.0 Å². The molecule has 4 heterocycles. The maximum absolute atomic E-state index is 12.9. The molecule has 2 atom stereocenters. The number of hydrogen-bond donors (Lipinski definition) is 2. The molecule has 1 aliphatic heterocycles. The first-order valence-electron chi connectivity index (χ1n) is 10.0. The molecule has 4 aromatic rings. The van der Waals surface area contributed by atoms with Gasteiger partial charge in [0.15, 0.2) is 5.01 Å². The Kier molecular flexibility index (Phi) is 5.45. The lowest BCUT2D eigenvalue weighted by atomic mass is 10.2. The van der Waals surface area contributed by atoms with Crippen molar-refractivity contribution in [1.29, 1.82) is 0 Å². The zero-order valence-corrected chi connectivity index (χ0v) is 18.2. The normalized spacial score (nSPS) is 19.2. The first-order chi connectivity index (χ1) is 15.1. The summed E-state index contributed by atoms with van der Waals surface area (Å²) >= 11 is 7.61. The van der Waals surface area contributed by atoms with E-state index in [1.807, 2.05) is 42.6 Å². The Balaban J connectivity index is 1.29. The molecule has 7 nitrogen and oxygen atoms in total. The molecule has 0 bridgehead atoms. The zero-order chi connectivity index (χ0) is 21.4. The Labute approximate surface area is 188 Å². The average Bonchev–Trinajstić information content (AvgIpc) is 3.46. The number of nitrogens with zero attached hydrogens (tertiary/aromatic N) is 4. The van der Waals surface area contributed by atoms with Crippen LogP contribution in [0.15, 0.2) is 60.9 Å². The molecule has 9 heteroatoms. The van der Waals surface area contributed by atoms with E-state index in [4.69, 9.17) is 17.3 Å². The van der Waals surface area contributed by atoms with Gasteiger partial charge in [0.2, 0.25) is 0 Å². The van der Waals surface area contributed by atoms with Crippen LogP contribution in [0.25, 0.3) is 16.8 Å². The van der Waals surface area contributed by atoms with Gasteiger partial charge in [-0.15, -0.1) is 0 Å². The van der Waals surface area contributed by atoms with Crippen molar-refractivity contribution in [1.82, 2.24) is 24.8 Å². The highest BCUT2D eigenvalue weighted by molar-refractivity contribution is 7.18. The molecule has 1 aliphatic rings. The second-order valence-corrected chi connectivity index (χ2v) is 9.25. The van der Waals surface area contributed by atoms with Gasteiger partial charge in [-0.05, 0) is 17.7 Å². The standard InChI is InChI=1S/C22H21ClN6OS/c23-20-19(15-10-25-29-9-5-4-8-18(15)29)27-22(31-20)21(30)26-17-13-28(12-16(17)24)11-14-6-2-1-3-7-14/h1-10,16-17H,11-13,24H2,(H,26,30)/t16-,17+/m0/s1. The Morgan fingerprint density at radius 3 is 2.84 bits per heavy atom. The van der Waals surface area contributed by atoms with Crippen molar-refractivity contribution in [3.8, 4) is 11.3 Å². The van der Waals surface area contributed by atoms with Crippen LogP contribution < -0.4 is 11.1 Å². The fourth-order valence-corrected chi connectivity index (χ4v) is 5.02. The predicted molar refractivity (Wildman–Crippen MR) is 122 cm³/mol. The molecule has 0 spiro atoms. The number of halogens is 1. The number of thiazole rings is 1. The Bertz CT molecular complexity index is 1220. The van der Waals surface area contributed by atoms with Crippen LogP contribution in [0.4, 0.5) is 0 Å². The fraction of sp³-hybridized carbons (Fsp3) is 0.227. The minimum absolute atomic E-state index is 0.137. The second-order valence-electron chi connectivity index (χ2n) is 7.65. The van der Waals surface area contributed by atoms with Crippen molar-refractivity contribution in [2.24, 2.45) is 5.73 Å². The van der Waals surface area contributed by atoms with E-state index in [9.17, 15) is 4.79 Å². The third-order valence-electron chi connectivity index (χ3n) is 5.47. The quantitative estimate of drug-likeness (QED) is 0.486. The predicted octanol–water partition coefficient (Wildman–Crippen LogP) is 3.05. The molecular weight excluding hydrogens is 432 g/mol. The largest absolute Gasteiger partial charge is 0.344 e. The minimum Gasteiger partial charge on any atom is -0.344 e. The van der Waals surface area contributed by atoms with E-state index < -0.39 is 0 Å². The SMILES string of the molecule is N[C@H]1CN(Cc2ccccc2)C[C@H]1NC(=O)c1nc(-c2cnn3ccccc23)c(Cl)s1. The summed E-state index contributed by atoms with van der Waals surface area (Å²) < 4.78 is 2.22. The fourth-order valence-electron chi connectivity index (χ4n) is 3.95. The summed E-state index contributed by atoms with van der Waals surface area (Å²) in [4.78, 5) is 19.7. The lowest BCUT2D eigenvalue weighted by Gasteiger charge is -2.16. The lowest BCUT2D eigenvalue weighted by Crippen LogP contribution is -2.46. The van der Waals surface area contributed by atoms with E-state index >= 15 is 0 Å². The van der Waals surface area contributed by atoms with Gasteiger partial charge in [0.1, 0.15) is 10.0 Å². The van der Waals surface area contributed by atoms with E-state index in [2.05, 4.69) is 32.4 Å². The Morgan fingerprint density at radius 1 is 1.19 bits per heavy atom. The average molecular weight is 453 g/mol. The number of carbonyl (C=O) groups is 1. The number of likely N-dealkylation sites (tertiary alicyclic amines) is 1. The highest BCUT2D eigenvalue weighted by atomic mass is 35.5. The van der Waals surface area contributed by atoms with Crippen LogP contribution in [0.1, 0.15) is 15.4 Å². The number of fused-ring (bicyclic) bond motifs is 1. The van der Waals surface area contributed by atoms with Crippen molar-refractivity contribution in [3.63, 3.8) is 0 Å². The van der Waals surface area contributed by atoms with Gasteiger partial charge in [-0.25, -0.2) is 9.50 Å². The molecule has 3 aromatic heterocycles. The van der Waals surface area contributed by atoms with Gasteiger partial charge in [0.05, 0.1) is 17.8 Å². The molecule has 1 amide bonds. The summed E-state index contributed by atoms with van der Waals surface area (Å²) in [6.45, 7) is 2.23. The number of amides is 1. The first-order valence-corrected chi connectivity index (χ1v) is 11.2. The maximum Gasteiger partial charge on any atom is 0.280 e. The minimum atomic E-state index is -0.253. The van der Waals surface area contributed by atoms with Gasteiger partial charge in [0, 0.05) is 37.4 Å². The summed E-state index contributed by atoms with van der Waals surface area (Å²) in [5.41, 5.74) is 9.79. The van der Waals surface area contributed by atoms with Gasteiger partial charge in [-0.3, -0.25) is 9.69 Å². The molecule has 1 fully saturated rings. The summed E-state index contributed by atoms with van der Waals surface area (Å²) in [6.07, 6.45) is 3.57. The zero-order valence-electron chi connectivity index (χ0n) is 16.6. The smallest absolute Gasteiger partial charge is 0.280 e. The second kappa shape index (κ2) is 8.39. The van der Waals surface area contributed by atoms with Crippen molar-refractivity contribution < 1.29 is 4.79 Å². The molecule has 158 valence electrons. The van der Waals surface area contributed by atoms with Crippen molar-refractivity contribution in [2.45, 2.75) is 18.6 Å². The summed E-state index contributed by atoms with van der Waals surface area (Å²) in [5.74, 6) is -0.253. The third kappa shape index (κ3) is 4.07. The lowest BCUT2D eigenvalue weighted by molar-refractivity contribution is 0.0935. The summed E-state index contributed by atoms with van der Waals surface area (Å²) in [7, 11) is 0. The van der Waals surface area contributed by atoms with E-state index in [0.29, 0.717) is 21.6 Å². The van der Waals surface area contributed by atoms with Crippen LogP contribution in [0.5, 0.6) is 0 Å². The molecule has 0 unspecified atom stereocenters. The van der Waals surface area contributed by atoms with Crippen molar-refractivity contribution in [2.75, 3.05) is 13.1 Å². The molecule has 5 rings (SSSR count). The van der Waals surface area contributed by atoms with Crippen LogP contribution in [0.3, 0.4) is 0 Å². The number of nitrogens with one attached hydrogen (secondary N) is 1. The highest BCUT2D eigenvalue weighted by Gasteiger charge is 2.32. The van der Waals surface area contributed by atoms with E-state index in [1.54, 1.807) is 10.7 Å². The van der Waals surface area contributed by atoms with E-state index in [1.165, 1.54) is 16.9 Å². The van der Waals surface area contributed by atoms with Gasteiger partial charge in [-0.2, -0.15) is 5.10 Å².